The largest absolute Gasteiger partial charge is 0.354 e. The van der Waals surface area contributed by atoms with E-state index in [1.54, 1.807) is 0 Å². The maximum Gasteiger partial charge on any atom is 0.191 e. The lowest BCUT2D eigenvalue weighted by Crippen LogP contribution is -2.44. The van der Waals surface area contributed by atoms with Crippen molar-refractivity contribution in [3.63, 3.8) is 0 Å². The summed E-state index contributed by atoms with van der Waals surface area (Å²) in [5.41, 5.74) is 3.21. The number of hydrogen-bond donors (Lipinski definition) is 2. The minimum absolute atomic E-state index is 0.521. The van der Waals surface area contributed by atoms with Crippen molar-refractivity contribution in [2.24, 2.45) is 16.8 Å². The number of nitrogens with one attached hydrogen (secondary N) is 2. The van der Waals surface area contributed by atoms with Crippen LogP contribution in [0.2, 0.25) is 0 Å². The summed E-state index contributed by atoms with van der Waals surface area (Å²) in [5, 5.41) is 11.5. The highest BCUT2D eigenvalue weighted by atomic mass is 15.3. The van der Waals surface area contributed by atoms with Crippen molar-refractivity contribution < 1.29 is 0 Å². The predicted octanol–water partition coefficient (Wildman–Crippen LogP) is 3.76. The summed E-state index contributed by atoms with van der Waals surface area (Å²) >= 11 is 0. The Morgan fingerprint density at radius 2 is 1.96 bits per heavy atom. The van der Waals surface area contributed by atoms with E-state index in [-0.39, 0.29) is 0 Å². The van der Waals surface area contributed by atoms with Crippen molar-refractivity contribution in [3.8, 4) is 5.82 Å². The molecule has 3 rings (SSSR count). The molecule has 6 heteroatoms. The molecule has 2 heterocycles. The fraction of sp³-hybridized carbons (Fsp3) is 0.591. The Morgan fingerprint density at radius 3 is 2.50 bits per heavy atom. The summed E-state index contributed by atoms with van der Waals surface area (Å²) in [4.78, 5) is 8.96. The van der Waals surface area contributed by atoms with Crippen LogP contribution in [-0.4, -0.2) is 33.8 Å². The number of aromatic nitrogens is 3. The van der Waals surface area contributed by atoms with Crippen molar-refractivity contribution in [1.29, 1.82) is 0 Å². The average molecular weight is 383 g/mol. The van der Waals surface area contributed by atoms with Gasteiger partial charge in [0.1, 0.15) is 0 Å². The van der Waals surface area contributed by atoms with Gasteiger partial charge in [-0.05, 0) is 69.1 Å². The molecule has 2 aromatic rings. The van der Waals surface area contributed by atoms with Gasteiger partial charge in [-0.3, -0.25) is 4.99 Å². The third-order valence-corrected chi connectivity index (χ3v) is 5.77. The fourth-order valence-corrected chi connectivity index (χ4v) is 4.01. The van der Waals surface area contributed by atoms with Gasteiger partial charge < -0.3 is 10.6 Å². The van der Waals surface area contributed by atoms with Gasteiger partial charge in [-0.25, -0.2) is 9.67 Å². The lowest BCUT2D eigenvalue weighted by Gasteiger charge is -2.32. The summed E-state index contributed by atoms with van der Waals surface area (Å²) in [6, 6.07) is 6.68. The molecule has 0 aromatic carbocycles. The Bertz CT molecular complexity index is 782. The van der Waals surface area contributed by atoms with Gasteiger partial charge in [-0.2, -0.15) is 5.10 Å². The summed E-state index contributed by atoms with van der Waals surface area (Å²) in [7, 11) is 1.83. The highest BCUT2D eigenvalue weighted by Gasteiger charge is 2.23. The van der Waals surface area contributed by atoms with Crippen LogP contribution >= 0.6 is 0 Å². The minimum Gasteiger partial charge on any atom is -0.354 e. The van der Waals surface area contributed by atoms with Gasteiger partial charge in [0.05, 0.1) is 5.69 Å². The summed E-state index contributed by atoms with van der Waals surface area (Å²) in [6.07, 6.45) is 6.97. The second kappa shape index (κ2) is 9.22. The molecule has 1 aliphatic carbocycles. The summed E-state index contributed by atoms with van der Waals surface area (Å²) in [5.74, 6) is 3.39. The Labute approximate surface area is 168 Å². The second-order valence-corrected chi connectivity index (χ2v) is 8.29. The Morgan fingerprint density at radius 1 is 1.21 bits per heavy atom. The Kier molecular flexibility index (Phi) is 6.70. The van der Waals surface area contributed by atoms with Crippen LogP contribution in [0.5, 0.6) is 0 Å². The van der Waals surface area contributed by atoms with E-state index in [4.69, 9.17) is 0 Å². The molecule has 1 aliphatic rings. The lowest BCUT2D eigenvalue weighted by atomic mass is 9.80. The van der Waals surface area contributed by atoms with Crippen LogP contribution in [-0.2, 0) is 6.54 Å². The van der Waals surface area contributed by atoms with E-state index < -0.39 is 0 Å². The molecular weight excluding hydrogens is 348 g/mol. The van der Waals surface area contributed by atoms with Crippen LogP contribution in [0.25, 0.3) is 5.82 Å². The van der Waals surface area contributed by atoms with Crippen LogP contribution in [0.15, 0.2) is 29.4 Å². The molecule has 2 N–H and O–H groups in total. The molecule has 6 nitrogen and oxygen atoms in total. The van der Waals surface area contributed by atoms with E-state index in [0.29, 0.717) is 12.6 Å². The zero-order chi connectivity index (χ0) is 20.1. The number of nitrogens with zero attached hydrogens (tertiary/aromatic N) is 4. The van der Waals surface area contributed by atoms with Crippen molar-refractivity contribution >= 4 is 5.96 Å². The van der Waals surface area contributed by atoms with Gasteiger partial charge in [-0.1, -0.05) is 19.9 Å². The molecule has 0 spiro atoms. The second-order valence-electron chi connectivity index (χ2n) is 8.29. The van der Waals surface area contributed by atoms with Crippen LogP contribution in [0.4, 0.5) is 0 Å². The molecule has 152 valence electrons. The molecule has 0 bridgehead atoms. The molecule has 1 fully saturated rings. The normalized spacial score (nSPS) is 20.4. The summed E-state index contributed by atoms with van der Waals surface area (Å²) < 4.78 is 1.88. The molecule has 0 radical (unpaired) electrons. The highest BCUT2D eigenvalue weighted by molar-refractivity contribution is 5.79. The van der Waals surface area contributed by atoms with Gasteiger partial charge >= 0.3 is 0 Å². The first-order valence-electron chi connectivity index (χ1n) is 10.4. The standard InChI is InChI=1S/C22H34N6/c1-15(2)19-7-9-20(10-8-19)26-22(23-5)25-14-18-6-11-21(24-13-18)28-17(4)12-16(3)27-28/h6,11-13,15,19-20H,7-10,14H2,1-5H3,(H2,23,25,26). The minimum atomic E-state index is 0.521. The predicted molar refractivity (Wildman–Crippen MR) is 115 cm³/mol. The van der Waals surface area contributed by atoms with E-state index >= 15 is 0 Å². The monoisotopic (exact) mass is 382 g/mol. The van der Waals surface area contributed by atoms with E-state index in [1.807, 2.05) is 37.8 Å². The van der Waals surface area contributed by atoms with Crippen LogP contribution in [0.1, 0.15) is 56.5 Å². The highest BCUT2D eigenvalue weighted by Crippen LogP contribution is 2.29. The van der Waals surface area contributed by atoms with Crippen molar-refractivity contribution in [2.75, 3.05) is 7.05 Å². The number of pyridine rings is 1. The van der Waals surface area contributed by atoms with Crippen molar-refractivity contribution in [3.05, 3.63) is 41.3 Å². The Balaban J connectivity index is 1.51. The topological polar surface area (TPSA) is 67.1 Å². The first-order chi connectivity index (χ1) is 13.5. The van der Waals surface area contributed by atoms with Gasteiger partial charge in [0.15, 0.2) is 11.8 Å². The number of aryl methyl sites for hydroxylation is 2. The molecular formula is C22H34N6. The van der Waals surface area contributed by atoms with E-state index in [0.717, 1.165) is 40.6 Å². The quantitative estimate of drug-likeness (QED) is 0.610. The average Bonchev–Trinajstić information content (AvgIpc) is 3.04. The van der Waals surface area contributed by atoms with E-state index in [9.17, 15) is 0 Å². The molecule has 0 atom stereocenters. The number of guanidine groups is 1. The van der Waals surface area contributed by atoms with E-state index in [1.165, 1.54) is 25.7 Å². The number of hydrogen-bond acceptors (Lipinski definition) is 3. The number of rotatable bonds is 5. The molecule has 1 saturated carbocycles. The third-order valence-electron chi connectivity index (χ3n) is 5.77. The molecule has 28 heavy (non-hydrogen) atoms. The summed E-state index contributed by atoms with van der Waals surface area (Å²) in [6.45, 7) is 9.42. The molecule has 0 unspecified atom stereocenters. The molecule has 0 amide bonds. The van der Waals surface area contributed by atoms with Crippen molar-refractivity contribution in [1.82, 2.24) is 25.4 Å². The zero-order valence-corrected chi connectivity index (χ0v) is 17.9. The molecule has 2 aromatic heterocycles. The molecule has 0 saturated heterocycles. The molecule has 0 aliphatic heterocycles. The SMILES string of the molecule is CN=C(NCc1ccc(-n2nc(C)cc2C)nc1)NC1CCC(C(C)C)CC1. The van der Waals surface area contributed by atoms with Gasteiger partial charge in [-0.15, -0.1) is 0 Å². The maximum absolute atomic E-state index is 4.57. The van der Waals surface area contributed by atoms with Crippen molar-refractivity contribution in [2.45, 2.75) is 66.0 Å². The maximum atomic E-state index is 4.57. The first-order valence-corrected chi connectivity index (χ1v) is 10.4. The van der Waals surface area contributed by atoms with Gasteiger partial charge in [0.2, 0.25) is 0 Å². The first kappa shape index (κ1) is 20.4. The van der Waals surface area contributed by atoms with Crippen LogP contribution in [0, 0.1) is 25.7 Å². The fourth-order valence-electron chi connectivity index (χ4n) is 4.01. The van der Waals surface area contributed by atoms with Gasteiger partial charge in [0.25, 0.3) is 0 Å². The third kappa shape index (κ3) is 5.12. The van der Waals surface area contributed by atoms with Gasteiger partial charge in [0, 0.05) is 31.5 Å². The zero-order valence-electron chi connectivity index (χ0n) is 17.9. The lowest BCUT2D eigenvalue weighted by molar-refractivity contribution is 0.250. The smallest absolute Gasteiger partial charge is 0.191 e. The number of aliphatic imine (C=N–C) groups is 1. The van der Waals surface area contributed by atoms with E-state index in [2.05, 4.69) is 51.7 Å². The van der Waals surface area contributed by atoms with Crippen LogP contribution in [0.3, 0.4) is 0 Å². The Hall–Kier alpha value is -2.37. The van der Waals surface area contributed by atoms with Crippen LogP contribution < -0.4 is 10.6 Å².